The minimum absolute atomic E-state index is 0.148. The second-order valence-electron chi connectivity index (χ2n) is 2.02. The lowest BCUT2D eigenvalue weighted by molar-refractivity contribution is 0.0987. The predicted octanol–water partition coefficient (Wildman–Crippen LogP) is -1.04. The van der Waals surface area contributed by atoms with Gasteiger partial charge < -0.3 is 11.1 Å². The molecule has 1 aromatic heterocycles. The van der Waals surface area contributed by atoms with E-state index in [4.69, 9.17) is 5.73 Å². The summed E-state index contributed by atoms with van der Waals surface area (Å²) in [4.78, 5) is 10.6. The highest BCUT2D eigenvalue weighted by Gasteiger charge is 2.10. The van der Waals surface area contributed by atoms with E-state index >= 15 is 0 Å². The molecule has 0 aliphatic heterocycles. The number of hydrogen-bond acceptors (Lipinski definition) is 4. The number of anilines is 1. The van der Waals surface area contributed by atoms with Crippen LogP contribution in [0.2, 0.25) is 0 Å². The van der Waals surface area contributed by atoms with E-state index in [0.29, 0.717) is 5.95 Å². The monoisotopic (exact) mass is 155 g/mol. The predicted molar refractivity (Wildman–Crippen MR) is 39.1 cm³/mol. The number of carbonyl (C=O) groups excluding carboxylic acids is 1. The molecular weight excluding hydrogens is 146 g/mol. The topological polar surface area (TPSA) is 85.8 Å². The fourth-order valence-corrected chi connectivity index (χ4v) is 0.761. The number of aromatic nitrogens is 3. The van der Waals surface area contributed by atoms with Crippen LogP contribution in [0.3, 0.4) is 0 Å². The summed E-state index contributed by atoms with van der Waals surface area (Å²) < 4.78 is 1.49. The SMILES string of the molecule is CNc1nnc(C(N)=O)n1C. The van der Waals surface area contributed by atoms with Crippen LogP contribution >= 0.6 is 0 Å². The van der Waals surface area contributed by atoms with Gasteiger partial charge in [-0.05, 0) is 0 Å². The fraction of sp³-hybridized carbons (Fsp3) is 0.400. The summed E-state index contributed by atoms with van der Waals surface area (Å²) in [6.45, 7) is 0. The molecule has 6 heteroatoms. The van der Waals surface area contributed by atoms with Crippen LogP contribution in [-0.4, -0.2) is 27.7 Å². The second-order valence-corrected chi connectivity index (χ2v) is 2.02. The van der Waals surface area contributed by atoms with E-state index < -0.39 is 5.91 Å². The number of carbonyl (C=O) groups is 1. The van der Waals surface area contributed by atoms with Crippen LogP contribution in [0.4, 0.5) is 5.95 Å². The molecule has 0 aliphatic rings. The van der Waals surface area contributed by atoms with Crippen LogP contribution in [0.15, 0.2) is 0 Å². The second kappa shape index (κ2) is 2.57. The van der Waals surface area contributed by atoms with Crippen LogP contribution in [0, 0.1) is 0 Å². The number of nitrogens with two attached hydrogens (primary N) is 1. The maximum Gasteiger partial charge on any atom is 0.286 e. The zero-order valence-electron chi connectivity index (χ0n) is 6.33. The number of nitrogens with one attached hydrogen (secondary N) is 1. The lowest BCUT2D eigenvalue weighted by Crippen LogP contribution is -2.17. The molecule has 0 saturated heterocycles. The molecule has 0 atom stereocenters. The number of nitrogens with zero attached hydrogens (tertiary/aromatic N) is 3. The van der Waals surface area contributed by atoms with Crippen molar-refractivity contribution >= 4 is 11.9 Å². The number of hydrogen-bond donors (Lipinski definition) is 2. The van der Waals surface area contributed by atoms with Gasteiger partial charge in [0, 0.05) is 14.1 Å². The van der Waals surface area contributed by atoms with Gasteiger partial charge in [0.25, 0.3) is 5.91 Å². The highest BCUT2D eigenvalue weighted by Crippen LogP contribution is 2.01. The molecule has 1 rings (SSSR count). The highest BCUT2D eigenvalue weighted by atomic mass is 16.1. The van der Waals surface area contributed by atoms with Crippen LogP contribution in [0.25, 0.3) is 0 Å². The van der Waals surface area contributed by atoms with Crippen molar-refractivity contribution < 1.29 is 4.79 Å². The van der Waals surface area contributed by atoms with Crippen molar-refractivity contribution in [3.63, 3.8) is 0 Å². The summed E-state index contributed by atoms with van der Waals surface area (Å²) in [6.07, 6.45) is 0. The van der Waals surface area contributed by atoms with E-state index in [1.54, 1.807) is 14.1 Å². The molecule has 1 amide bonds. The molecule has 3 N–H and O–H groups in total. The van der Waals surface area contributed by atoms with Crippen LogP contribution in [-0.2, 0) is 7.05 Å². The van der Waals surface area contributed by atoms with Crippen LogP contribution < -0.4 is 11.1 Å². The van der Waals surface area contributed by atoms with Gasteiger partial charge in [-0.15, -0.1) is 10.2 Å². The third-order valence-corrected chi connectivity index (χ3v) is 1.32. The van der Waals surface area contributed by atoms with Crippen LogP contribution in [0.1, 0.15) is 10.6 Å². The smallest absolute Gasteiger partial charge is 0.286 e. The molecule has 0 bridgehead atoms. The number of primary amides is 1. The maximum absolute atomic E-state index is 10.6. The van der Waals surface area contributed by atoms with E-state index in [1.807, 2.05) is 0 Å². The van der Waals surface area contributed by atoms with Gasteiger partial charge in [0.1, 0.15) is 0 Å². The average molecular weight is 155 g/mol. The first-order valence-corrected chi connectivity index (χ1v) is 3.03. The molecule has 0 saturated carbocycles. The molecule has 0 aliphatic carbocycles. The number of rotatable bonds is 2. The Morgan fingerprint density at radius 3 is 2.55 bits per heavy atom. The van der Waals surface area contributed by atoms with Crippen LogP contribution in [0.5, 0.6) is 0 Å². The quantitative estimate of drug-likeness (QED) is 0.571. The minimum atomic E-state index is -0.582. The van der Waals surface area contributed by atoms with Crippen molar-refractivity contribution in [3.8, 4) is 0 Å². The van der Waals surface area contributed by atoms with Gasteiger partial charge in [0.2, 0.25) is 11.8 Å². The molecule has 6 nitrogen and oxygen atoms in total. The molecule has 60 valence electrons. The van der Waals surface area contributed by atoms with E-state index in [2.05, 4.69) is 15.5 Å². The van der Waals surface area contributed by atoms with Crippen molar-refractivity contribution in [1.29, 1.82) is 0 Å². The normalized spacial score (nSPS) is 9.64. The molecule has 1 heterocycles. The van der Waals surface area contributed by atoms with E-state index in [-0.39, 0.29) is 5.82 Å². The van der Waals surface area contributed by atoms with Gasteiger partial charge >= 0.3 is 0 Å². The maximum atomic E-state index is 10.6. The lowest BCUT2D eigenvalue weighted by atomic mass is 10.6. The largest absolute Gasteiger partial charge is 0.363 e. The summed E-state index contributed by atoms with van der Waals surface area (Å²) in [6, 6.07) is 0. The summed E-state index contributed by atoms with van der Waals surface area (Å²) in [5.74, 6) is 0.0784. The first-order chi connectivity index (χ1) is 5.16. The third kappa shape index (κ3) is 1.14. The van der Waals surface area contributed by atoms with Gasteiger partial charge in [-0.2, -0.15) is 0 Å². The van der Waals surface area contributed by atoms with Gasteiger partial charge in [0.05, 0.1) is 0 Å². The molecular formula is C5H9N5O. The zero-order chi connectivity index (χ0) is 8.43. The molecule has 0 fully saturated rings. The highest BCUT2D eigenvalue weighted by molar-refractivity contribution is 5.89. The Balaban J connectivity index is 3.10. The van der Waals surface area contributed by atoms with E-state index in [1.165, 1.54) is 4.57 Å². The molecule has 0 radical (unpaired) electrons. The van der Waals surface area contributed by atoms with Crippen molar-refractivity contribution in [2.75, 3.05) is 12.4 Å². The molecule has 0 aromatic carbocycles. The van der Waals surface area contributed by atoms with Crippen molar-refractivity contribution in [2.24, 2.45) is 12.8 Å². The standard InChI is InChI=1S/C5H9N5O/c1-7-5-9-8-4(3(6)11)10(5)2/h1-2H3,(H2,6,11)(H,7,9). The third-order valence-electron chi connectivity index (χ3n) is 1.32. The summed E-state index contributed by atoms with van der Waals surface area (Å²) in [5, 5.41) is 9.97. The Bertz CT molecular complexity index is 278. The van der Waals surface area contributed by atoms with Gasteiger partial charge in [-0.1, -0.05) is 0 Å². The summed E-state index contributed by atoms with van der Waals surface area (Å²) in [5.41, 5.74) is 4.99. The van der Waals surface area contributed by atoms with Gasteiger partial charge in [0.15, 0.2) is 0 Å². The summed E-state index contributed by atoms with van der Waals surface area (Å²) >= 11 is 0. The van der Waals surface area contributed by atoms with Crippen molar-refractivity contribution in [3.05, 3.63) is 5.82 Å². The molecule has 0 spiro atoms. The zero-order valence-corrected chi connectivity index (χ0v) is 6.33. The van der Waals surface area contributed by atoms with E-state index in [0.717, 1.165) is 0 Å². The fourth-order valence-electron chi connectivity index (χ4n) is 0.761. The first-order valence-electron chi connectivity index (χ1n) is 3.03. The Morgan fingerprint density at radius 1 is 1.64 bits per heavy atom. The number of amides is 1. The van der Waals surface area contributed by atoms with Gasteiger partial charge in [-0.25, -0.2) is 0 Å². The average Bonchev–Trinajstić information content (AvgIpc) is 2.30. The Morgan fingerprint density at radius 2 is 2.27 bits per heavy atom. The Labute approximate surface area is 63.4 Å². The molecule has 11 heavy (non-hydrogen) atoms. The molecule has 1 aromatic rings. The van der Waals surface area contributed by atoms with Crippen molar-refractivity contribution in [1.82, 2.24) is 14.8 Å². The van der Waals surface area contributed by atoms with Gasteiger partial charge in [-0.3, -0.25) is 9.36 Å². The Kier molecular flexibility index (Phi) is 1.75. The summed E-state index contributed by atoms with van der Waals surface area (Å²) in [7, 11) is 3.35. The minimum Gasteiger partial charge on any atom is -0.363 e. The Hall–Kier alpha value is -1.59. The first kappa shape index (κ1) is 7.52. The lowest BCUT2D eigenvalue weighted by Gasteiger charge is -1.98. The van der Waals surface area contributed by atoms with E-state index in [9.17, 15) is 4.79 Å². The molecule has 0 unspecified atom stereocenters. The van der Waals surface area contributed by atoms with Crippen molar-refractivity contribution in [2.45, 2.75) is 0 Å².